The van der Waals surface area contributed by atoms with Gasteiger partial charge in [0.2, 0.25) is 15.9 Å². The molecular weight excluding hydrogens is 448 g/mol. The van der Waals surface area contributed by atoms with E-state index in [0.717, 1.165) is 0 Å². The lowest BCUT2D eigenvalue weighted by Crippen LogP contribution is -2.39. The van der Waals surface area contributed by atoms with Crippen molar-refractivity contribution in [2.24, 2.45) is 0 Å². The van der Waals surface area contributed by atoms with Crippen LogP contribution in [0, 0.1) is 0 Å². The van der Waals surface area contributed by atoms with Gasteiger partial charge in [-0.25, -0.2) is 13.4 Å². The van der Waals surface area contributed by atoms with Crippen molar-refractivity contribution in [2.75, 3.05) is 11.3 Å². The van der Waals surface area contributed by atoms with Crippen molar-refractivity contribution in [1.29, 1.82) is 0 Å². The van der Waals surface area contributed by atoms with Crippen LogP contribution in [-0.4, -0.2) is 52.5 Å². The summed E-state index contributed by atoms with van der Waals surface area (Å²) >= 11 is 0. The highest BCUT2D eigenvalue weighted by Crippen LogP contribution is 2.29. The third-order valence-electron chi connectivity index (χ3n) is 4.93. The molecule has 12 heteroatoms. The minimum atomic E-state index is -3.39. The Balaban J connectivity index is 1.39. The van der Waals surface area contributed by atoms with Crippen LogP contribution in [0.25, 0.3) is 5.70 Å². The Morgan fingerprint density at radius 3 is 2.85 bits per heavy atom. The number of carbonyl (C=O) groups excluding carboxylic acids is 1. The summed E-state index contributed by atoms with van der Waals surface area (Å²) in [4.78, 5) is 25.1. The number of aromatic nitrogens is 3. The molecule has 0 aromatic carbocycles. The average Bonchev–Trinajstić information content (AvgIpc) is 3.64. The van der Waals surface area contributed by atoms with Gasteiger partial charge in [0.1, 0.15) is 5.69 Å². The zero-order valence-corrected chi connectivity index (χ0v) is 18.7. The van der Waals surface area contributed by atoms with Crippen LogP contribution in [0.5, 0.6) is 5.88 Å². The number of nitrogens with zero attached hydrogens (tertiary/aromatic N) is 3. The van der Waals surface area contributed by atoms with Crippen LogP contribution in [-0.2, 0) is 21.4 Å². The smallest absolute Gasteiger partial charge is 0.252 e. The van der Waals surface area contributed by atoms with Gasteiger partial charge < -0.3 is 20.5 Å². The minimum absolute atomic E-state index is 0.0559. The van der Waals surface area contributed by atoms with Crippen molar-refractivity contribution in [3.05, 3.63) is 59.8 Å². The first-order valence-electron chi connectivity index (χ1n) is 10.4. The van der Waals surface area contributed by atoms with Gasteiger partial charge in [0.25, 0.3) is 5.91 Å². The zero-order chi connectivity index (χ0) is 23.4. The van der Waals surface area contributed by atoms with Gasteiger partial charge in [-0.15, -0.1) is 0 Å². The van der Waals surface area contributed by atoms with Crippen molar-refractivity contribution in [3.63, 3.8) is 0 Å². The number of aliphatic hydroxyl groups is 1. The van der Waals surface area contributed by atoms with Crippen LogP contribution in [0.1, 0.15) is 31.2 Å². The molecule has 11 nitrogen and oxygen atoms in total. The molecule has 4 N–H and O–H groups in total. The van der Waals surface area contributed by atoms with Gasteiger partial charge in [-0.1, -0.05) is 0 Å². The molecule has 2 aromatic rings. The highest BCUT2D eigenvalue weighted by Gasteiger charge is 2.35. The Kier molecular flexibility index (Phi) is 6.56. The van der Waals surface area contributed by atoms with E-state index in [-0.39, 0.29) is 17.4 Å². The predicted octanol–water partition coefficient (Wildman–Crippen LogP) is 0.680. The largest absolute Gasteiger partial charge is 0.477 e. The van der Waals surface area contributed by atoms with Gasteiger partial charge in [-0.05, 0) is 44.1 Å². The summed E-state index contributed by atoms with van der Waals surface area (Å²) in [6.45, 7) is 2.34. The number of rotatable bonds is 9. The summed E-state index contributed by atoms with van der Waals surface area (Å²) in [5.41, 5.74) is 1.93. The number of allylic oxidation sites excluding steroid dienone is 2. The maximum atomic E-state index is 12.6. The molecule has 2 aromatic heterocycles. The van der Waals surface area contributed by atoms with Crippen molar-refractivity contribution < 1.29 is 23.1 Å². The van der Waals surface area contributed by atoms with Crippen molar-refractivity contribution in [1.82, 2.24) is 25.6 Å². The fraction of sp³-hybridized carbons (Fsp3) is 0.333. The molecule has 0 radical (unpaired) electrons. The quantitative estimate of drug-likeness (QED) is 0.412. The van der Waals surface area contributed by atoms with Gasteiger partial charge in [0, 0.05) is 6.20 Å². The Bertz CT molecular complexity index is 1210. The monoisotopic (exact) mass is 472 g/mol. The third kappa shape index (κ3) is 5.65. The normalized spacial score (nSPS) is 17.9. The molecule has 0 saturated heterocycles. The van der Waals surface area contributed by atoms with Crippen LogP contribution in [0.2, 0.25) is 0 Å². The molecule has 4 rings (SSSR count). The summed E-state index contributed by atoms with van der Waals surface area (Å²) in [5, 5.41) is 15.6. The minimum Gasteiger partial charge on any atom is -0.477 e. The van der Waals surface area contributed by atoms with E-state index < -0.39 is 22.2 Å². The van der Waals surface area contributed by atoms with Crippen molar-refractivity contribution in [2.45, 2.75) is 37.8 Å². The molecule has 1 aliphatic heterocycles. The number of pyridine rings is 1. The average molecular weight is 473 g/mol. The maximum absolute atomic E-state index is 12.6. The number of amides is 1. The molecule has 1 saturated carbocycles. The molecule has 174 valence electrons. The lowest BCUT2D eigenvalue weighted by atomic mass is 10.1. The summed E-state index contributed by atoms with van der Waals surface area (Å²) in [7, 11) is -3.39. The van der Waals surface area contributed by atoms with Gasteiger partial charge in [0.15, 0.2) is 6.23 Å². The predicted molar refractivity (Wildman–Crippen MR) is 120 cm³/mol. The Morgan fingerprint density at radius 1 is 1.30 bits per heavy atom. The fourth-order valence-electron chi connectivity index (χ4n) is 3.13. The van der Waals surface area contributed by atoms with Crippen molar-refractivity contribution >= 4 is 27.3 Å². The second kappa shape index (κ2) is 9.55. The van der Waals surface area contributed by atoms with Gasteiger partial charge in [0.05, 0.1) is 53.4 Å². The summed E-state index contributed by atoms with van der Waals surface area (Å²) in [6, 6.07) is 3.12. The standard InChI is InChI=1S/C21H24N6O5S/c1-2-32-19-12-22-11-18(25-19)17-6-5-16(21(29)26-17)20(28)24-10-14-9-13(7-8-23-14)27-33(30,31)15-3-4-15/h5-9,11-12,15,21,26,29H,2-4,10H2,1H3,(H,23,27)(H,24,28). The zero-order valence-electron chi connectivity index (χ0n) is 17.9. The SMILES string of the molecule is CCOc1cncc(C2=CC=C(C(=O)NCc3cc(NS(=O)(=O)C4CC4)ccn3)C(O)N2)n1. The number of nitrogens with one attached hydrogen (secondary N) is 3. The first kappa shape index (κ1) is 22.7. The number of hydrogen-bond donors (Lipinski definition) is 4. The van der Waals surface area contributed by atoms with E-state index >= 15 is 0 Å². The molecule has 0 spiro atoms. The molecule has 1 amide bonds. The molecule has 1 aliphatic carbocycles. The molecule has 1 unspecified atom stereocenters. The van der Waals surface area contributed by atoms with E-state index in [2.05, 4.69) is 30.3 Å². The van der Waals surface area contributed by atoms with E-state index in [1.165, 1.54) is 24.7 Å². The van der Waals surface area contributed by atoms with Gasteiger partial charge in [-0.3, -0.25) is 19.5 Å². The number of dihydropyridines is 1. The number of carbonyl (C=O) groups is 1. The number of ether oxygens (including phenoxy) is 1. The fourth-order valence-corrected chi connectivity index (χ4v) is 4.51. The summed E-state index contributed by atoms with van der Waals surface area (Å²) in [6.07, 6.45) is 7.65. The number of hydrogen-bond acceptors (Lipinski definition) is 9. The number of sulfonamides is 1. The lowest BCUT2D eigenvalue weighted by molar-refractivity contribution is -0.118. The highest BCUT2D eigenvalue weighted by atomic mass is 32.2. The van der Waals surface area contributed by atoms with E-state index in [0.29, 0.717) is 48.1 Å². The molecular formula is C21H24N6O5S. The summed E-state index contributed by atoms with van der Waals surface area (Å²) in [5.74, 6) is -0.140. The van der Waals surface area contributed by atoms with Gasteiger partial charge >= 0.3 is 0 Å². The van der Waals surface area contributed by atoms with Crippen LogP contribution >= 0.6 is 0 Å². The molecule has 33 heavy (non-hydrogen) atoms. The highest BCUT2D eigenvalue weighted by molar-refractivity contribution is 7.93. The molecule has 2 aliphatic rings. The number of aliphatic hydroxyl groups excluding tert-OH is 1. The van der Waals surface area contributed by atoms with Gasteiger partial charge in [-0.2, -0.15) is 0 Å². The third-order valence-corrected chi connectivity index (χ3v) is 6.80. The lowest BCUT2D eigenvalue weighted by Gasteiger charge is -2.22. The van der Waals surface area contributed by atoms with Crippen LogP contribution in [0.3, 0.4) is 0 Å². The van der Waals surface area contributed by atoms with E-state index in [1.807, 2.05) is 6.92 Å². The van der Waals surface area contributed by atoms with E-state index in [4.69, 9.17) is 4.74 Å². The number of anilines is 1. The van der Waals surface area contributed by atoms with E-state index in [1.54, 1.807) is 18.2 Å². The van der Waals surface area contributed by atoms with Crippen LogP contribution in [0.4, 0.5) is 5.69 Å². The Morgan fingerprint density at radius 2 is 2.12 bits per heavy atom. The topological polar surface area (TPSA) is 155 Å². The Hall–Kier alpha value is -3.51. The first-order chi connectivity index (χ1) is 15.9. The van der Waals surface area contributed by atoms with Crippen LogP contribution < -0.4 is 20.1 Å². The molecule has 1 fully saturated rings. The second-order valence-corrected chi connectivity index (χ2v) is 9.45. The molecule has 0 bridgehead atoms. The summed E-state index contributed by atoms with van der Waals surface area (Å²) < 4.78 is 32.1. The Labute approximate surface area is 191 Å². The maximum Gasteiger partial charge on any atom is 0.252 e. The second-order valence-electron chi connectivity index (χ2n) is 7.49. The molecule has 3 heterocycles. The van der Waals surface area contributed by atoms with Crippen molar-refractivity contribution in [3.8, 4) is 5.88 Å². The first-order valence-corrected chi connectivity index (χ1v) is 12.0. The van der Waals surface area contributed by atoms with Crippen LogP contribution in [0.15, 0.2) is 48.4 Å². The molecule has 1 atom stereocenters. The van der Waals surface area contributed by atoms with E-state index in [9.17, 15) is 18.3 Å².